The molecule has 0 unspecified atom stereocenters. The first-order chi connectivity index (χ1) is 13.2. The second-order valence-corrected chi connectivity index (χ2v) is 7.42. The van der Waals surface area contributed by atoms with Crippen LogP contribution in [0, 0.1) is 5.92 Å². The number of hydrogen-bond donors (Lipinski definition) is 2. The molecule has 2 heterocycles. The van der Waals surface area contributed by atoms with Gasteiger partial charge in [0, 0.05) is 38.2 Å². The maximum atomic E-state index is 12.8. The van der Waals surface area contributed by atoms with Crippen molar-refractivity contribution in [3.05, 3.63) is 5.89 Å². The zero-order valence-electron chi connectivity index (χ0n) is 16.4. The van der Waals surface area contributed by atoms with Crippen LogP contribution in [-0.2, 0) is 20.7 Å². The first-order valence-corrected chi connectivity index (χ1v) is 10.3. The number of rotatable bonds is 8. The fraction of sp³-hybridized carbons (Fsp3) is 0.842. The average molecular weight is 380 g/mol. The van der Waals surface area contributed by atoms with Gasteiger partial charge in [-0.05, 0) is 38.5 Å². The van der Waals surface area contributed by atoms with Crippen LogP contribution in [0.4, 0.5) is 6.01 Å². The second-order valence-electron chi connectivity index (χ2n) is 7.42. The van der Waals surface area contributed by atoms with Crippen LogP contribution in [0.5, 0.6) is 0 Å². The molecule has 0 spiro atoms. The van der Waals surface area contributed by atoms with Crippen molar-refractivity contribution < 1.29 is 18.7 Å². The van der Waals surface area contributed by atoms with Crippen molar-refractivity contribution in [1.29, 1.82) is 0 Å². The van der Waals surface area contributed by atoms with E-state index >= 15 is 0 Å². The molecule has 8 heteroatoms. The van der Waals surface area contributed by atoms with Gasteiger partial charge in [-0.25, -0.2) is 0 Å². The molecule has 152 valence electrons. The predicted molar refractivity (Wildman–Crippen MR) is 100 cm³/mol. The first-order valence-electron chi connectivity index (χ1n) is 10.3. The Kier molecular flexibility index (Phi) is 7.46. The average Bonchev–Trinajstić information content (AvgIpc) is 3.15. The van der Waals surface area contributed by atoms with Crippen LogP contribution in [0.1, 0.15) is 58.3 Å². The minimum absolute atomic E-state index is 0.0131. The van der Waals surface area contributed by atoms with Gasteiger partial charge in [0.2, 0.25) is 11.8 Å². The third-order valence-corrected chi connectivity index (χ3v) is 5.34. The van der Waals surface area contributed by atoms with Crippen molar-refractivity contribution in [3.63, 3.8) is 0 Å². The summed E-state index contributed by atoms with van der Waals surface area (Å²) in [6, 6.07) is 0.628. The van der Waals surface area contributed by atoms with Gasteiger partial charge in [-0.15, -0.1) is 5.10 Å². The van der Waals surface area contributed by atoms with Crippen LogP contribution < -0.4 is 10.6 Å². The Morgan fingerprint density at radius 1 is 1.19 bits per heavy atom. The number of ether oxygens (including phenoxy) is 2. The molecule has 1 amide bonds. The summed E-state index contributed by atoms with van der Waals surface area (Å²) < 4.78 is 17.0. The Morgan fingerprint density at radius 2 is 2.00 bits per heavy atom. The van der Waals surface area contributed by atoms with Crippen LogP contribution in [0.25, 0.3) is 0 Å². The molecule has 1 aromatic heterocycles. The summed E-state index contributed by atoms with van der Waals surface area (Å²) in [6.07, 6.45) is 5.89. The normalized spacial score (nSPS) is 26.7. The molecule has 1 aliphatic heterocycles. The maximum absolute atomic E-state index is 12.8. The van der Waals surface area contributed by atoms with Gasteiger partial charge < -0.3 is 24.5 Å². The van der Waals surface area contributed by atoms with Crippen LogP contribution in [0.3, 0.4) is 0 Å². The number of amides is 1. The van der Waals surface area contributed by atoms with Crippen LogP contribution >= 0.6 is 0 Å². The summed E-state index contributed by atoms with van der Waals surface area (Å²) >= 11 is 0. The van der Waals surface area contributed by atoms with Gasteiger partial charge in [-0.3, -0.25) is 4.79 Å². The van der Waals surface area contributed by atoms with Crippen molar-refractivity contribution in [2.45, 2.75) is 77.0 Å². The predicted octanol–water partition coefficient (Wildman–Crippen LogP) is 2.30. The van der Waals surface area contributed by atoms with E-state index in [-0.39, 0.29) is 30.0 Å². The van der Waals surface area contributed by atoms with Gasteiger partial charge in [-0.1, -0.05) is 18.9 Å². The maximum Gasteiger partial charge on any atom is 0.315 e. The number of nitrogens with zero attached hydrogens (tertiary/aromatic N) is 2. The molecule has 0 aromatic carbocycles. The van der Waals surface area contributed by atoms with E-state index in [4.69, 9.17) is 13.9 Å². The Bertz CT molecular complexity index is 588. The highest BCUT2D eigenvalue weighted by atomic mass is 16.5. The molecule has 0 radical (unpaired) electrons. The summed E-state index contributed by atoms with van der Waals surface area (Å²) in [5.41, 5.74) is 0. The number of hydrogen-bond acceptors (Lipinski definition) is 7. The first kappa shape index (κ1) is 20.1. The van der Waals surface area contributed by atoms with E-state index in [0.717, 1.165) is 45.3 Å². The standard InChI is InChI=1S/C19H32N4O4/c1-3-9-26-16-6-5-13(18(24)20-14-7-10-25-11-8-14)12-15(16)21-19-23-22-17(4-2)27-19/h13-16H,3-12H2,1-2H3,(H,20,24)(H,21,23)/t13-,15+,16+/m0/s1. The molecule has 1 aliphatic carbocycles. The molecule has 1 aromatic rings. The van der Waals surface area contributed by atoms with E-state index in [1.807, 2.05) is 6.92 Å². The molecule has 3 atom stereocenters. The SMILES string of the molecule is CCCO[C@@H]1CC[C@H](C(=O)NC2CCOCC2)C[C@H]1Nc1nnc(CC)o1. The number of aryl methyl sites for hydroxylation is 1. The van der Waals surface area contributed by atoms with Crippen LogP contribution in [0.15, 0.2) is 4.42 Å². The summed E-state index contributed by atoms with van der Waals surface area (Å²) in [6.45, 7) is 6.24. The van der Waals surface area contributed by atoms with Gasteiger partial charge in [0.1, 0.15) is 0 Å². The van der Waals surface area contributed by atoms with Crippen molar-refractivity contribution >= 4 is 11.9 Å². The van der Waals surface area contributed by atoms with Gasteiger partial charge >= 0.3 is 6.01 Å². The van der Waals surface area contributed by atoms with Gasteiger partial charge in [0.25, 0.3) is 0 Å². The lowest BCUT2D eigenvalue weighted by molar-refractivity contribution is -0.128. The summed E-state index contributed by atoms with van der Waals surface area (Å²) in [4.78, 5) is 12.8. The lowest BCUT2D eigenvalue weighted by Crippen LogP contribution is -2.48. The molecule has 0 bridgehead atoms. The Morgan fingerprint density at radius 3 is 2.70 bits per heavy atom. The van der Waals surface area contributed by atoms with Gasteiger partial charge in [-0.2, -0.15) is 0 Å². The lowest BCUT2D eigenvalue weighted by Gasteiger charge is -2.36. The molecule has 8 nitrogen and oxygen atoms in total. The highest BCUT2D eigenvalue weighted by molar-refractivity contribution is 5.79. The van der Waals surface area contributed by atoms with Gasteiger partial charge in [0.15, 0.2) is 0 Å². The zero-order valence-corrected chi connectivity index (χ0v) is 16.4. The topological polar surface area (TPSA) is 98.5 Å². The zero-order chi connectivity index (χ0) is 19.1. The van der Waals surface area contributed by atoms with Gasteiger partial charge in [0.05, 0.1) is 12.1 Å². The molecule has 27 heavy (non-hydrogen) atoms. The number of aromatic nitrogens is 2. The van der Waals surface area contributed by atoms with Crippen LogP contribution in [-0.4, -0.2) is 54.1 Å². The monoisotopic (exact) mass is 380 g/mol. The van der Waals surface area contributed by atoms with E-state index in [0.29, 0.717) is 31.4 Å². The van der Waals surface area contributed by atoms with Crippen molar-refractivity contribution in [3.8, 4) is 0 Å². The minimum atomic E-state index is -0.0274. The highest BCUT2D eigenvalue weighted by Gasteiger charge is 2.36. The van der Waals surface area contributed by atoms with E-state index in [9.17, 15) is 4.79 Å². The third kappa shape index (κ3) is 5.65. The van der Waals surface area contributed by atoms with E-state index < -0.39 is 0 Å². The van der Waals surface area contributed by atoms with Crippen molar-refractivity contribution in [2.75, 3.05) is 25.1 Å². The molecule has 2 fully saturated rings. The molecule has 2 aliphatic rings. The quantitative estimate of drug-likeness (QED) is 0.714. The Hall–Kier alpha value is -1.67. The summed E-state index contributed by atoms with van der Waals surface area (Å²) in [7, 11) is 0. The largest absolute Gasteiger partial charge is 0.408 e. The van der Waals surface area contributed by atoms with E-state index in [2.05, 4.69) is 27.8 Å². The van der Waals surface area contributed by atoms with Crippen molar-refractivity contribution in [1.82, 2.24) is 15.5 Å². The second kappa shape index (κ2) is 10.0. The van der Waals surface area contributed by atoms with Crippen LogP contribution in [0.2, 0.25) is 0 Å². The summed E-state index contributed by atoms with van der Waals surface area (Å²) in [5, 5.41) is 14.6. The fourth-order valence-electron chi connectivity index (χ4n) is 3.78. The number of carbonyl (C=O) groups excluding carboxylic acids is 1. The third-order valence-electron chi connectivity index (χ3n) is 5.34. The fourth-order valence-corrected chi connectivity index (χ4v) is 3.78. The number of anilines is 1. The highest BCUT2D eigenvalue weighted by Crippen LogP contribution is 2.29. The van der Waals surface area contributed by atoms with Crippen molar-refractivity contribution in [2.24, 2.45) is 5.92 Å². The summed E-state index contributed by atoms with van der Waals surface area (Å²) in [5.74, 6) is 0.718. The van der Waals surface area contributed by atoms with E-state index in [1.54, 1.807) is 0 Å². The smallest absolute Gasteiger partial charge is 0.315 e. The Labute approximate surface area is 160 Å². The minimum Gasteiger partial charge on any atom is -0.408 e. The molecule has 2 N–H and O–H groups in total. The van der Waals surface area contributed by atoms with E-state index in [1.165, 1.54) is 0 Å². The molecular weight excluding hydrogens is 348 g/mol. The lowest BCUT2D eigenvalue weighted by atomic mass is 9.82. The number of carbonyl (C=O) groups is 1. The number of nitrogens with one attached hydrogen (secondary N) is 2. The molecule has 3 rings (SSSR count). The Balaban J connectivity index is 1.60. The molecule has 1 saturated carbocycles. The molecule has 1 saturated heterocycles. The molecular formula is C19H32N4O4.